The third-order valence-electron chi connectivity index (χ3n) is 5.80. The Balaban J connectivity index is 1.67. The van der Waals surface area contributed by atoms with E-state index in [1.165, 1.54) is 5.01 Å². The van der Waals surface area contributed by atoms with E-state index in [-0.39, 0.29) is 18.2 Å². The van der Waals surface area contributed by atoms with E-state index in [0.717, 1.165) is 22.5 Å². The van der Waals surface area contributed by atoms with Crippen molar-refractivity contribution < 1.29 is 19.1 Å². The molecule has 1 aliphatic heterocycles. The number of carbonyl (C=O) groups excluding carboxylic acids is 2. The molecule has 0 aliphatic carbocycles. The Morgan fingerprint density at radius 1 is 1.03 bits per heavy atom. The average Bonchev–Trinajstić information content (AvgIpc) is 2.88. The molecule has 35 heavy (non-hydrogen) atoms. The lowest BCUT2D eigenvalue weighted by Gasteiger charge is -2.32. The zero-order chi connectivity index (χ0) is 24.8. The van der Waals surface area contributed by atoms with Gasteiger partial charge in [-0.3, -0.25) is 14.6 Å². The number of aromatic nitrogens is 1. The quantitative estimate of drug-likeness (QED) is 0.539. The maximum atomic E-state index is 13.1. The molecule has 0 spiro atoms. The number of hydrogen-bond donors (Lipinski definition) is 1. The van der Waals surface area contributed by atoms with Gasteiger partial charge in [0.15, 0.2) is 11.5 Å². The lowest BCUT2D eigenvalue weighted by molar-refractivity contribution is -0.134. The van der Waals surface area contributed by atoms with E-state index < -0.39 is 6.17 Å². The van der Waals surface area contributed by atoms with Crippen LogP contribution in [0, 0.1) is 6.92 Å². The third-order valence-corrected chi connectivity index (χ3v) is 5.80. The maximum absolute atomic E-state index is 13.1. The van der Waals surface area contributed by atoms with Crippen molar-refractivity contribution in [3.63, 3.8) is 0 Å². The van der Waals surface area contributed by atoms with E-state index in [0.29, 0.717) is 29.9 Å². The number of aryl methyl sites for hydroxylation is 1. The summed E-state index contributed by atoms with van der Waals surface area (Å²) in [6.45, 7) is 1.83. The molecule has 0 fully saturated rings. The minimum atomic E-state index is -0.665. The molecular weight excluding hydrogens is 444 g/mol. The molecule has 1 aliphatic rings. The molecule has 0 radical (unpaired) electrons. The number of pyridine rings is 1. The molecule has 1 N–H and O–H groups in total. The fourth-order valence-electron chi connectivity index (χ4n) is 3.99. The number of ether oxygens (including phenoxy) is 2. The van der Waals surface area contributed by atoms with Gasteiger partial charge in [0, 0.05) is 42.3 Å². The Morgan fingerprint density at radius 2 is 1.80 bits per heavy atom. The Labute approximate surface area is 204 Å². The van der Waals surface area contributed by atoms with Gasteiger partial charge in [0.25, 0.3) is 5.91 Å². The van der Waals surface area contributed by atoms with E-state index in [9.17, 15) is 9.59 Å². The van der Waals surface area contributed by atoms with Gasteiger partial charge in [-0.05, 0) is 42.8 Å². The molecule has 1 aromatic heterocycles. The first kappa shape index (κ1) is 23.9. The number of nitrogens with one attached hydrogen (secondary N) is 1. The molecule has 2 aromatic carbocycles. The summed E-state index contributed by atoms with van der Waals surface area (Å²) < 4.78 is 10.8. The van der Waals surface area contributed by atoms with Crippen molar-refractivity contribution in [3.05, 3.63) is 89.2 Å². The van der Waals surface area contributed by atoms with E-state index in [2.05, 4.69) is 10.3 Å². The predicted octanol–water partition coefficient (Wildman–Crippen LogP) is 3.73. The molecule has 2 heterocycles. The van der Waals surface area contributed by atoms with Crippen molar-refractivity contribution in [2.24, 2.45) is 5.10 Å². The number of amides is 2. The SMILES string of the molecule is COc1ccc(C2=NN(C(Cc3ccccc3)NC(=O)c3ccnc(C)c3)C(=O)CC2)cc1OC. The number of hydrazone groups is 1. The maximum Gasteiger partial charge on any atom is 0.253 e. The lowest BCUT2D eigenvalue weighted by atomic mass is 10.0. The second-order valence-corrected chi connectivity index (χ2v) is 8.22. The topological polar surface area (TPSA) is 93.1 Å². The van der Waals surface area contributed by atoms with Crippen molar-refractivity contribution in [2.45, 2.75) is 32.4 Å². The van der Waals surface area contributed by atoms with Crippen molar-refractivity contribution in [1.82, 2.24) is 15.3 Å². The van der Waals surface area contributed by atoms with Crippen LogP contribution in [-0.2, 0) is 11.2 Å². The molecule has 180 valence electrons. The smallest absolute Gasteiger partial charge is 0.253 e. The van der Waals surface area contributed by atoms with E-state index in [4.69, 9.17) is 14.6 Å². The standard InChI is InChI=1S/C27H28N4O4/c1-18-15-21(13-14-28-18)27(33)29-25(16-19-7-5-4-6-8-19)31-26(32)12-10-22(30-31)20-9-11-23(34-2)24(17-20)35-3/h4-9,11,13-15,17,25H,10,12,16H2,1-3H3,(H,29,33). The Hall–Kier alpha value is -4.20. The van der Waals surface area contributed by atoms with Gasteiger partial charge in [0.2, 0.25) is 5.91 Å². The summed E-state index contributed by atoms with van der Waals surface area (Å²) in [6.07, 6.45) is 2.10. The summed E-state index contributed by atoms with van der Waals surface area (Å²) in [5.41, 5.74) is 3.75. The first-order chi connectivity index (χ1) is 17.0. The van der Waals surface area contributed by atoms with Crippen LogP contribution in [0.3, 0.4) is 0 Å². The van der Waals surface area contributed by atoms with Crippen LogP contribution >= 0.6 is 0 Å². The van der Waals surface area contributed by atoms with Gasteiger partial charge >= 0.3 is 0 Å². The normalized spacial score (nSPS) is 14.2. The van der Waals surface area contributed by atoms with Gasteiger partial charge in [-0.25, -0.2) is 5.01 Å². The molecule has 1 unspecified atom stereocenters. The molecule has 2 amide bonds. The number of benzene rings is 2. The molecule has 4 rings (SSSR count). The van der Waals surface area contributed by atoms with Crippen LogP contribution in [0.2, 0.25) is 0 Å². The van der Waals surface area contributed by atoms with E-state index >= 15 is 0 Å². The highest BCUT2D eigenvalue weighted by Crippen LogP contribution is 2.29. The van der Waals surface area contributed by atoms with Crippen LogP contribution in [0.1, 0.15) is 40.0 Å². The van der Waals surface area contributed by atoms with Gasteiger partial charge < -0.3 is 14.8 Å². The second-order valence-electron chi connectivity index (χ2n) is 8.22. The molecule has 8 nitrogen and oxygen atoms in total. The predicted molar refractivity (Wildman–Crippen MR) is 133 cm³/mol. The zero-order valence-corrected chi connectivity index (χ0v) is 20.0. The molecule has 3 aromatic rings. The summed E-state index contributed by atoms with van der Waals surface area (Å²) >= 11 is 0. The van der Waals surface area contributed by atoms with Crippen LogP contribution in [0.25, 0.3) is 0 Å². The number of rotatable bonds is 8. The molecule has 0 bridgehead atoms. The van der Waals surface area contributed by atoms with Gasteiger partial charge in [0.1, 0.15) is 6.17 Å². The summed E-state index contributed by atoms with van der Waals surface area (Å²) in [7, 11) is 3.16. The molecule has 1 atom stereocenters. The van der Waals surface area contributed by atoms with E-state index in [1.807, 2.05) is 55.5 Å². The highest BCUT2D eigenvalue weighted by Gasteiger charge is 2.30. The summed E-state index contributed by atoms with van der Waals surface area (Å²) in [4.78, 5) is 30.3. The molecule has 0 saturated carbocycles. The summed E-state index contributed by atoms with van der Waals surface area (Å²) in [5.74, 6) is 0.750. The highest BCUT2D eigenvalue weighted by molar-refractivity contribution is 6.04. The van der Waals surface area contributed by atoms with Crippen LogP contribution in [0.5, 0.6) is 11.5 Å². The van der Waals surface area contributed by atoms with Gasteiger partial charge in [0.05, 0.1) is 19.9 Å². The third kappa shape index (κ3) is 5.66. The molecule has 0 saturated heterocycles. The average molecular weight is 473 g/mol. The Morgan fingerprint density at radius 3 is 2.51 bits per heavy atom. The number of methoxy groups -OCH3 is 2. The van der Waals surface area contributed by atoms with Crippen molar-refractivity contribution in [1.29, 1.82) is 0 Å². The fourth-order valence-corrected chi connectivity index (χ4v) is 3.99. The molecular formula is C27H28N4O4. The summed E-state index contributed by atoms with van der Waals surface area (Å²) in [6, 6.07) is 18.6. The number of hydrogen-bond acceptors (Lipinski definition) is 6. The lowest BCUT2D eigenvalue weighted by Crippen LogP contribution is -2.51. The molecule has 8 heteroatoms. The largest absolute Gasteiger partial charge is 0.493 e. The Bertz CT molecular complexity index is 1240. The van der Waals surface area contributed by atoms with Crippen molar-refractivity contribution in [2.75, 3.05) is 14.2 Å². The second kappa shape index (κ2) is 10.8. The van der Waals surface area contributed by atoms with Gasteiger partial charge in [-0.1, -0.05) is 30.3 Å². The van der Waals surface area contributed by atoms with Crippen LogP contribution in [0.15, 0.2) is 72.0 Å². The van der Waals surface area contributed by atoms with E-state index in [1.54, 1.807) is 32.5 Å². The minimum Gasteiger partial charge on any atom is -0.493 e. The summed E-state index contributed by atoms with van der Waals surface area (Å²) in [5, 5.41) is 9.11. The van der Waals surface area contributed by atoms with Gasteiger partial charge in [-0.15, -0.1) is 0 Å². The van der Waals surface area contributed by atoms with Crippen molar-refractivity contribution >= 4 is 17.5 Å². The number of nitrogens with zero attached hydrogens (tertiary/aromatic N) is 3. The minimum absolute atomic E-state index is 0.152. The van der Waals surface area contributed by atoms with Crippen LogP contribution in [-0.4, -0.2) is 47.9 Å². The van der Waals surface area contributed by atoms with Gasteiger partial charge in [-0.2, -0.15) is 5.10 Å². The Kier molecular flexibility index (Phi) is 7.40. The van der Waals surface area contributed by atoms with Crippen LogP contribution in [0.4, 0.5) is 0 Å². The monoisotopic (exact) mass is 472 g/mol. The van der Waals surface area contributed by atoms with Crippen molar-refractivity contribution in [3.8, 4) is 11.5 Å². The highest BCUT2D eigenvalue weighted by atomic mass is 16.5. The first-order valence-electron chi connectivity index (χ1n) is 11.4. The number of carbonyl (C=O) groups is 2. The zero-order valence-electron chi connectivity index (χ0n) is 20.0. The fraction of sp³-hybridized carbons (Fsp3) is 0.259. The first-order valence-corrected chi connectivity index (χ1v) is 11.4. The van der Waals surface area contributed by atoms with Crippen LogP contribution < -0.4 is 14.8 Å².